The molecular weight excluding hydrogens is 287 g/mol. The smallest absolute Gasteiger partial charge is 0.379 e. The number of nitrogens with two attached hydrogens (primary N) is 1. The summed E-state index contributed by atoms with van der Waals surface area (Å²) in [5, 5.41) is 9.35. The van der Waals surface area contributed by atoms with E-state index >= 15 is 0 Å². The molecule has 0 fully saturated rings. The van der Waals surface area contributed by atoms with Gasteiger partial charge in [-0.1, -0.05) is 0 Å². The van der Waals surface area contributed by atoms with Gasteiger partial charge in [0.15, 0.2) is 0 Å². The minimum atomic E-state index is -4.05. The van der Waals surface area contributed by atoms with E-state index in [9.17, 15) is 23.1 Å². The second kappa shape index (κ2) is 6.63. The average molecular weight is 300 g/mol. The van der Waals surface area contributed by atoms with Crippen LogP contribution in [0.15, 0.2) is 18.2 Å². The van der Waals surface area contributed by atoms with Crippen molar-refractivity contribution < 1.29 is 27.8 Å². The number of esters is 1. The van der Waals surface area contributed by atoms with Crippen molar-refractivity contribution >= 4 is 18.4 Å². The summed E-state index contributed by atoms with van der Waals surface area (Å²) in [5.41, 5.74) is 4.63. The van der Waals surface area contributed by atoms with Gasteiger partial charge in [-0.15, -0.1) is 12.4 Å². The summed E-state index contributed by atoms with van der Waals surface area (Å²) >= 11 is 0. The quantitative estimate of drug-likeness (QED) is 0.836. The van der Waals surface area contributed by atoms with E-state index in [0.29, 0.717) is 6.07 Å². The van der Waals surface area contributed by atoms with Crippen molar-refractivity contribution in [3.8, 4) is 5.75 Å². The van der Waals surface area contributed by atoms with Crippen molar-refractivity contribution in [1.29, 1.82) is 0 Å². The summed E-state index contributed by atoms with van der Waals surface area (Å²) in [6.07, 6.45) is 0. The molecule has 0 spiro atoms. The normalized spacial score (nSPS) is 12.5. The molecule has 0 amide bonds. The zero-order valence-corrected chi connectivity index (χ0v) is 10.7. The van der Waals surface area contributed by atoms with Crippen LogP contribution < -0.4 is 5.73 Å². The molecular formula is C11H13ClF3NO3. The van der Waals surface area contributed by atoms with Gasteiger partial charge >= 0.3 is 11.9 Å². The zero-order valence-electron chi connectivity index (χ0n) is 9.90. The minimum Gasteiger partial charge on any atom is -0.508 e. The lowest BCUT2D eigenvalue weighted by Gasteiger charge is -2.22. The monoisotopic (exact) mass is 299 g/mol. The molecule has 19 heavy (non-hydrogen) atoms. The lowest BCUT2D eigenvalue weighted by Crippen LogP contribution is -2.41. The van der Waals surface area contributed by atoms with E-state index in [2.05, 4.69) is 4.74 Å². The third-order valence-corrected chi connectivity index (χ3v) is 2.26. The fourth-order valence-electron chi connectivity index (χ4n) is 1.32. The summed E-state index contributed by atoms with van der Waals surface area (Å²) in [5.74, 6) is -7.34. The number of rotatable bonds is 4. The Bertz CT molecular complexity index is 457. The zero-order chi connectivity index (χ0) is 13.9. The van der Waals surface area contributed by atoms with E-state index in [0.717, 1.165) is 12.1 Å². The van der Waals surface area contributed by atoms with Gasteiger partial charge in [-0.2, -0.15) is 8.78 Å². The molecule has 0 heterocycles. The summed E-state index contributed by atoms with van der Waals surface area (Å²) in [6.45, 7) is 1.12. The number of benzene rings is 1. The lowest BCUT2D eigenvalue weighted by molar-refractivity contribution is -0.174. The van der Waals surface area contributed by atoms with Crippen LogP contribution in [-0.2, 0) is 9.53 Å². The highest BCUT2D eigenvalue weighted by Crippen LogP contribution is 2.35. The Kier molecular flexibility index (Phi) is 6.11. The van der Waals surface area contributed by atoms with Gasteiger partial charge in [0.25, 0.3) is 0 Å². The second-order valence-electron chi connectivity index (χ2n) is 3.52. The first-order chi connectivity index (χ1) is 8.30. The Hall–Kier alpha value is -1.47. The van der Waals surface area contributed by atoms with E-state index in [1.54, 1.807) is 0 Å². The number of phenolic OH excluding ortho intramolecular Hbond substituents is 1. The number of phenols is 1. The minimum absolute atomic E-state index is 0. The van der Waals surface area contributed by atoms with Crippen LogP contribution in [0.4, 0.5) is 13.2 Å². The van der Waals surface area contributed by atoms with Gasteiger partial charge in [-0.25, -0.2) is 9.18 Å². The van der Waals surface area contributed by atoms with Crippen LogP contribution in [0, 0.1) is 5.82 Å². The molecule has 1 atom stereocenters. The predicted molar refractivity (Wildman–Crippen MR) is 63.8 cm³/mol. The molecule has 0 aliphatic heterocycles. The Morgan fingerprint density at radius 2 is 2.11 bits per heavy atom. The van der Waals surface area contributed by atoms with E-state index < -0.39 is 35.1 Å². The van der Waals surface area contributed by atoms with Gasteiger partial charge < -0.3 is 15.6 Å². The first-order valence-corrected chi connectivity index (χ1v) is 5.09. The molecule has 0 aliphatic carbocycles. The molecule has 1 aromatic carbocycles. The molecule has 0 aliphatic rings. The summed E-state index contributed by atoms with van der Waals surface area (Å²) in [7, 11) is 0. The number of hydrogen-bond donors (Lipinski definition) is 2. The molecule has 0 saturated carbocycles. The van der Waals surface area contributed by atoms with Gasteiger partial charge in [0.1, 0.15) is 17.6 Å². The van der Waals surface area contributed by atoms with Crippen LogP contribution in [0.25, 0.3) is 0 Å². The molecule has 0 unspecified atom stereocenters. The van der Waals surface area contributed by atoms with Crippen LogP contribution in [0.2, 0.25) is 0 Å². The number of aromatic hydroxyl groups is 1. The largest absolute Gasteiger partial charge is 0.508 e. The SMILES string of the molecule is CCOC(=O)C(F)(F)[C@@H](N)c1cc(F)ccc1O.Cl. The Morgan fingerprint density at radius 3 is 2.63 bits per heavy atom. The van der Waals surface area contributed by atoms with Gasteiger partial charge in [0, 0.05) is 5.56 Å². The van der Waals surface area contributed by atoms with Crippen molar-refractivity contribution in [2.75, 3.05) is 6.61 Å². The van der Waals surface area contributed by atoms with Gasteiger partial charge in [0.05, 0.1) is 6.61 Å². The third kappa shape index (κ3) is 3.74. The Balaban J connectivity index is 0.00000324. The average Bonchev–Trinajstić information content (AvgIpc) is 2.31. The highest BCUT2D eigenvalue weighted by Gasteiger charge is 2.48. The maximum Gasteiger partial charge on any atom is 0.379 e. The number of ether oxygens (including phenoxy) is 1. The predicted octanol–water partition coefficient (Wildman–Crippen LogP) is 2.15. The number of carbonyl (C=O) groups is 1. The Labute approximate surface area is 113 Å². The topological polar surface area (TPSA) is 72.5 Å². The summed E-state index contributed by atoms with van der Waals surface area (Å²) in [6, 6.07) is 0.222. The van der Waals surface area contributed by atoms with Crippen LogP contribution >= 0.6 is 12.4 Å². The maximum absolute atomic E-state index is 13.6. The van der Waals surface area contributed by atoms with Crippen LogP contribution in [-0.4, -0.2) is 23.6 Å². The molecule has 1 rings (SSSR count). The van der Waals surface area contributed by atoms with Crippen LogP contribution in [0.1, 0.15) is 18.5 Å². The van der Waals surface area contributed by atoms with Crippen molar-refractivity contribution in [3.05, 3.63) is 29.6 Å². The van der Waals surface area contributed by atoms with E-state index in [-0.39, 0.29) is 19.0 Å². The number of alkyl halides is 2. The van der Waals surface area contributed by atoms with Gasteiger partial charge in [-0.05, 0) is 25.1 Å². The first kappa shape index (κ1) is 17.5. The summed E-state index contributed by atoms with van der Waals surface area (Å²) < 4.78 is 44.2. The number of halogens is 4. The van der Waals surface area contributed by atoms with Crippen molar-refractivity contribution in [1.82, 2.24) is 0 Å². The molecule has 3 N–H and O–H groups in total. The number of hydrogen-bond acceptors (Lipinski definition) is 4. The highest BCUT2D eigenvalue weighted by molar-refractivity contribution is 5.85. The van der Waals surface area contributed by atoms with Gasteiger partial charge in [-0.3, -0.25) is 0 Å². The van der Waals surface area contributed by atoms with E-state index in [1.165, 1.54) is 6.92 Å². The third-order valence-electron chi connectivity index (χ3n) is 2.26. The second-order valence-corrected chi connectivity index (χ2v) is 3.52. The van der Waals surface area contributed by atoms with E-state index in [1.807, 2.05) is 0 Å². The Morgan fingerprint density at radius 1 is 1.53 bits per heavy atom. The van der Waals surface area contributed by atoms with Crippen molar-refractivity contribution in [3.63, 3.8) is 0 Å². The standard InChI is InChI=1S/C11H12F3NO3.ClH/c1-2-18-10(17)11(13,14)9(15)7-5-6(12)3-4-8(7)16;/h3-5,9,16H,2,15H2,1H3;1H/t9-;/m0./s1. The molecule has 0 saturated heterocycles. The first-order valence-electron chi connectivity index (χ1n) is 5.09. The highest BCUT2D eigenvalue weighted by atomic mass is 35.5. The number of carbonyl (C=O) groups excluding carboxylic acids is 1. The molecule has 0 radical (unpaired) electrons. The van der Waals surface area contributed by atoms with Crippen molar-refractivity contribution in [2.45, 2.75) is 18.9 Å². The summed E-state index contributed by atoms with van der Waals surface area (Å²) in [4.78, 5) is 11.0. The van der Waals surface area contributed by atoms with Crippen molar-refractivity contribution in [2.24, 2.45) is 5.73 Å². The fraction of sp³-hybridized carbons (Fsp3) is 0.364. The molecule has 0 aromatic heterocycles. The molecule has 4 nitrogen and oxygen atoms in total. The van der Waals surface area contributed by atoms with E-state index in [4.69, 9.17) is 5.73 Å². The lowest BCUT2D eigenvalue weighted by atomic mass is 10.0. The molecule has 0 bridgehead atoms. The van der Waals surface area contributed by atoms with Gasteiger partial charge in [0.2, 0.25) is 0 Å². The molecule has 108 valence electrons. The molecule has 1 aromatic rings. The maximum atomic E-state index is 13.6. The fourth-order valence-corrected chi connectivity index (χ4v) is 1.32. The molecule has 8 heteroatoms. The van der Waals surface area contributed by atoms with Crippen LogP contribution in [0.3, 0.4) is 0 Å². The van der Waals surface area contributed by atoms with Crippen LogP contribution in [0.5, 0.6) is 5.75 Å².